The van der Waals surface area contributed by atoms with Gasteiger partial charge in [-0.05, 0) is 17.9 Å². The summed E-state index contributed by atoms with van der Waals surface area (Å²) in [5, 5.41) is 5.15. The second kappa shape index (κ2) is 7.68. The van der Waals surface area contributed by atoms with Crippen LogP contribution < -0.4 is 5.32 Å². The number of alkyl halides is 3. The molecule has 98 valence electrons. The summed E-state index contributed by atoms with van der Waals surface area (Å²) in [7, 11) is 0. The van der Waals surface area contributed by atoms with E-state index in [4.69, 9.17) is 4.74 Å². The molecule has 0 amide bonds. The lowest BCUT2D eigenvalue weighted by atomic mass is 10.3. The van der Waals surface area contributed by atoms with Gasteiger partial charge in [-0.2, -0.15) is 13.2 Å². The summed E-state index contributed by atoms with van der Waals surface area (Å²) in [6, 6.07) is 4.06. The third kappa shape index (κ3) is 8.18. The average Bonchev–Trinajstić information content (AvgIpc) is 2.73. The summed E-state index contributed by atoms with van der Waals surface area (Å²) in [6.45, 7) is 1.48. The molecule has 0 aliphatic rings. The van der Waals surface area contributed by atoms with Crippen molar-refractivity contribution in [2.45, 2.75) is 19.0 Å². The number of hydrogen-bond donors (Lipinski definition) is 1. The fourth-order valence-electron chi connectivity index (χ4n) is 1.23. The van der Waals surface area contributed by atoms with Crippen molar-refractivity contribution in [3.8, 4) is 0 Å². The minimum atomic E-state index is -4.12. The standard InChI is InChI=1S/C11H16F3NOS/c12-11(13,14)4-7-16-8-6-15-5-3-10-2-1-9-17-10/h1-2,9,15H,3-8H2. The molecule has 1 N–H and O–H groups in total. The van der Waals surface area contributed by atoms with Gasteiger partial charge in [-0.15, -0.1) is 11.3 Å². The molecule has 0 unspecified atom stereocenters. The van der Waals surface area contributed by atoms with Crippen molar-refractivity contribution in [3.05, 3.63) is 22.4 Å². The zero-order valence-corrected chi connectivity index (χ0v) is 10.2. The van der Waals surface area contributed by atoms with Gasteiger partial charge in [-0.1, -0.05) is 6.07 Å². The smallest absolute Gasteiger partial charge is 0.380 e. The maximum atomic E-state index is 11.7. The second-order valence-corrected chi connectivity index (χ2v) is 4.59. The van der Waals surface area contributed by atoms with E-state index in [1.165, 1.54) is 4.88 Å². The van der Waals surface area contributed by atoms with Crippen LogP contribution in [0.25, 0.3) is 0 Å². The molecule has 0 bridgehead atoms. The molecular weight excluding hydrogens is 251 g/mol. The molecule has 0 saturated heterocycles. The number of rotatable bonds is 8. The summed E-state index contributed by atoms with van der Waals surface area (Å²) < 4.78 is 40.1. The SMILES string of the molecule is FC(F)(F)CCOCCNCCc1cccs1. The van der Waals surface area contributed by atoms with Gasteiger partial charge in [-0.3, -0.25) is 0 Å². The number of halogens is 3. The third-order valence-electron chi connectivity index (χ3n) is 2.08. The van der Waals surface area contributed by atoms with Crippen LogP contribution in [0.15, 0.2) is 17.5 Å². The van der Waals surface area contributed by atoms with Crippen molar-refractivity contribution in [2.24, 2.45) is 0 Å². The Hall–Kier alpha value is -0.590. The number of hydrogen-bond acceptors (Lipinski definition) is 3. The van der Waals surface area contributed by atoms with Crippen molar-refractivity contribution in [3.63, 3.8) is 0 Å². The molecule has 0 fully saturated rings. The van der Waals surface area contributed by atoms with Crippen molar-refractivity contribution in [1.82, 2.24) is 5.32 Å². The van der Waals surface area contributed by atoms with Crippen molar-refractivity contribution in [1.29, 1.82) is 0 Å². The van der Waals surface area contributed by atoms with Gasteiger partial charge < -0.3 is 10.1 Å². The van der Waals surface area contributed by atoms with Crippen LogP contribution in [0.4, 0.5) is 13.2 Å². The first-order valence-corrected chi connectivity index (χ1v) is 6.33. The van der Waals surface area contributed by atoms with Crippen LogP contribution in [-0.4, -0.2) is 32.5 Å². The molecule has 1 aromatic rings. The highest BCUT2D eigenvalue weighted by Gasteiger charge is 2.26. The van der Waals surface area contributed by atoms with Gasteiger partial charge in [-0.25, -0.2) is 0 Å². The Balaban J connectivity index is 1.85. The van der Waals surface area contributed by atoms with E-state index in [0.717, 1.165) is 13.0 Å². The summed E-state index contributed by atoms with van der Waals surface area (Å²) in [5.41, 5.74) is 0. The zero-order valence-electron chi connectivity index (χ0n) is 9.43. The van der Waals surface area contributed by atoms with Gasteiger partial charge in [0.15, 0.2) is 0 Å². The van der Waals surface area contributed by atoms with Crippen LogP contribution in [-0.2, 0) is 11.2 Å². The summed E-state index contributed by atoms with van der Waals surface area (Å²) >= 11 is 1.70. The highest BCUT2D eigenvalue weighted by molar-refractivity contribution is 7.09. The number of nitrogens with one attached hydrogen (secondary N) is 1. The molecule has 1 heterocycles. The van der Waals surface area contributed by atoms with Crippen LogP contribution in [0.1, 0.15) is 11.3 Å². The Kier molecular flexibility index (Phi) is 6.54. The van der Waals surface area contributed by atoms with Crippen molar-refractivity contribution >= 4 is 11.3 Å². The minimum absolute atomic E-state index is 0.254. The Morgan fingerprint density at radius 1 is 1.24 bits per heavy atom. The monoisotopic (exact) mass is 267 g/mol. The van der Waals surface area contributed by atoms with Gasteiger partial charge in [0.2, 0.25) is 0 Å². The van der Waals surface area contributed by atoms with Gasteiger partial charge in [0.1, 0.15) is 0 Å². The van der Waals surface area contributed by atoms with Gasteiger partial charge in [0.05, 0.1) is 19.6 Å². The first-order chi connectivity index (χ1) is 8.08. The van der Waals surface area contributed by atoms with E-state index in [1.807, 2.05) is 11.4 Å². The van der Waals surface area contributed by atoms with Crippen LogP contribution in [0, 0.1) is 0 Å². The molecule has 0 saturated carbocycles. The second-order valence-electron chi connectivity index (χ2n) is 3.56. The predicted molar refractivity (Wildman–Crippen MR) is 62.4 cm³/mol. The molecule has 1 rings (SSSR count). The highest BCUT2D eigenvalue weighted by Crippen LogP contribution is 2.18. The van der Waals surface area contributed by atoms with Crippen LogP contribution >= 0.6 is 11.3 Å². The largest absolute Gasteiger partial charge is 0.391 e. The fourth-order valence-corrected chi connectivity index (χ4v) is 1.93. The predicted octanol–water partition coefficient (Wildman–Crippen LogP) is 2.85. The molecule has 0 aliphatic heterocycles. The van der Waals surface area contributed by atoms with Gasteiger partial charge in [0.25, 0.3) is 0 Å². The normalized spacial score (nSPS) is 11.9. The Morgan fingerprint density at radius 2 is 2.06 bits per heavy atom. The highest BCUT2D eigenvalue weighted by atomic mass is 32.1. The Labute approximate surface area is 103 Å². The van der Waals surface area contributed by atoms with E-state index in [9.17, 15) is 13.2 Å². The van der Waals surface area contributed by atoms with E-state index >= 15 is 0 Å². The molecule has 0 atom stereocenters. The Morgan fingerprint density at radius 3 is 2.71 bits per heavy atom. The molecule has 0 aromatic carbocycles. The van der Waals surface area contributed by atoms with Crippen molar-refractivity contribution in [2.75, 3.05) is 26.3 Å². The lowest BCUT2D eigenvalue weighted by Gasteiger charge is -2.07. The maximum absolute atomic E-state index is 11.7. The quantitative estimate of drug-likeness (QED) is 0.731. The van der Waals surface area contributed by atoms with E-state index in [1.54, 1.807) is 11.3 Å². The van der Waals surface area contributed by atoms with E-state index in [0.29, 0.717) is 13.2 Å². The summed E-state index contributed by atoms with van der Waals surface area (Å²) in [4.78, 5) is 1.30. The number of ether oxygens (including phenoxy) is 1. The molecule has 2 nitrogen and oxygen atoms in total. The summed E-state index contributed by atoms with van der Waals surface area (Å²) in [5.74, 6) is 0. The molecule has 0 radical (unpaired) electrons. The summed E-state index contributed by atoms with van der Waals surface area (Å²) in [6.07, 6.45) is -4.05. The molecule has 0 aliphatic carbocycles. The van der Waals surface area contributed by atoms with Crippen LogP contribution in [0.2, 0.25) is 0 Å². The third-order valence-corrected chi connectivity index (χ3v) is 3.02. The maximum Gasteiger partial charge on any atom is 0.391 e. The van der Waals surface area contributed by atoms with Crippen molar-refractivity contribution < 1.29 is 17.9 Å². The van der Waals surface area contributed by atoms with Crippen LogP contribution in [0.5, 0.6) is 0 Å². The van der Waals surface area contributed by atoms with Crippen LogP contribution in [0.3, 0.4) is 0 Å². The fraction of sp³-hybridized carbons (Fsp3) is 0.636. The van der Waals surface area contributed by atoms with E-state index in [2.05, 4.69) is 11.4 Å². The van der Waals surface area contributed by atoms with Gasteiger partial charge in [0, 0.05) is 18.0 Å². The zero-order chi connectivity index (χ0) is 12.6. The first kappa shape index (κ1) is 14.5. The lowest BCUT2D eigenvalue weighted by molar-refractivity contribution is -0.145. The molecule has 6 heteroatoms. The lowest BCUT2D eigenvalue weighted by Crippen LogP contribution is -2.23. The number of thiophene rings is 1. The Bertz CT molecular complexity index is 287. The molecular formula is C11H16F3NOS. The average molecular weight is 267 g/mol. The minimum Gasteiger partial charge on any atom is -0.380 e. The molecule has 17 heavy (non-hydrogen) atoms. The molecule has 1 aromatic heterocycles. The topological polar surface area (TPSA) is 21.3 Å². The van der Waals surface area contributed by atoms with E-state index in [-0.39, 0.29) is 6.61 Å². The van der Waals surface area contributed by atoms with Gasteiger partial charge >= 0.3 is 6.18 Å². The van der Waals surface area contributed by atoms with E-state index < -0.39 is 12.6 Å². The first-order valence-electron chi connectivity index (χ1n) is 5.45. The molecule has 0 spiro atoms.